The van der Waals surface area contributed by atoms with E-state index in [2.05, 4.69) is 5.32 Å². The Morgan fingerprint density at radius 1 is 1.25 bits per heavy atom. The number of aryl methyl sites for hydroxylation is 2. The van der Waals surface area contributed by atoms with Crippen LogP contribution in [-0.4, -0.2) is 38.3 Å². The van der Waals surface area contributed by atoms with Crippen molar-refractivity contribution >= 4 is 21.6 Å². The van der Waals surface area contributed by atoms with Gasteiger partial charge in [0, 0.05) is 18.3 Å². The molecule has 28 heavy (non-hydrogen) atoms. The van der Waals surface area contributed by atoms with Crippen molar-refractivity contribution in [2.45, 2.75) is 44.0 Å². The van der Waals surface area contributed by atoms with Gasteiger partial charge in [0.15, 0.2) is 0 Å². The minimum absolute atomic E-state index is 0.181. The van der Waals surface area contributed by atoms with Gasteiger partial charge in [-0.25, -0.2) is 8.42 Å². The molecule has 6 nitrogen and oxygen atoms in total. The molecule has 150 valence electrons. The Labute approximate surface area is 166 Å². The molecular formula is C21H26N2O4S. The van der Waals surface area contributed by atoms with E-state index >= 15 is 0 Å². The van der Waals surface area contributed by atoms with Crippen molar-refractivity contribution in [1.82, 2.24) is 4.31 Å². The summed E-state index contributed by atoms with van der Waals surface area (Å²) < 4.78 is 33.1. The van der Waals surface area contributed by atoms with Crippen molar-refractivity contribution in [1.29, 1.82) is 0 Å². The van der Waals surface area contributed by atoms with Gasteiger partial charge in [-0.1, -0.05) is 31.2 Å². The summed E-state index contributed by atoms with van der Waals surface area (Å²) >= 11 is 0. The first kappa shape index (κ1) is 20.4. The lowest BCUT2D eigenvalue weighted by molar-refractivity contribution is -0.119. The molecule has 1 atom stereocenters. The summed E-state index contributed by atoms with van der Waals surface area (Å²) in [5.74, 6) is 0.184. The van der Waals surface area contributed by atoms with E-state index in [-0.39, 0.29) is 10.8 Å². The van der Waals surface area contributed by atoms with Crippen LogP contribution < -0.4 is 10.1 Å². The zero-order chi connectivity index (χ0) is 20.3. The number of rotatable bonds is 6. The fraction of sp³-hybridized carbons (Fsp3) is 0.381. The molecule has 0 aromatic heterocycles. The van der Waals surface area contributed by atoms with Gasteiger partial charge in [0.25, 0.3) is 0 Å². The number of para-hydroxylation sites is 1. The number of nitrogens with one attached hydrogen (secondary N) is 1. The third-order valence-electron chi connectivity index (χ3n) is 5.14. The van der Waals surface area contributed by atoms with E-state index in [0.717, 1.165) is 17.7 Å². The first-order valence-electron chi connectivity index (χ1n) is 9.43. The molecule has 0 aliphatic carbocycles. The zero-order valence-electron chi connectivity index (χ0n) is 16.4. The van der Waals surface area contributed by atoms with E-state index in [1.807, 2.05) is 31.2 Å². The highest BCUT2D eigenvalue weighted by Crippen LogP contribution is 2.31. The van der Waals surface area contributed by atoms with Crippen LogP contribution in [0.1, 0.15) is 30.9 Å². The van der Waals surface area contributed by atoms with Crippen LogP contribution in [-0.2, 0) is 21.2 Å². The number of carbonyl (C=O) groups excluding carboxylic acids is 1. The molecule has 0 radical (unpaired) electrons. The van der Waals surface area contributed by atoms with Crippen molar-refractivity contribution < 1.29 is 17.9 Å². The molecule has 0 unspecified atom stereocenters. The summed E-state index contributed by atoms with van der Waals surface area (Å²) in [6.45, 7) is 4.09. The monoisotopic (exact) mass is 402 g/mol. The number of sulfonamides is 1. The van der Waals surface area contributed by atoms with Crippen LogP contribution >= 0.6 is 0 Å². The highest BCUT2D eigenvalue weighted by molar-refractivity contribution is 7.89. The number of methoxy groups -OCH3 is 1. The number of hydrogen-bond donors (Lipinski definition) is 1. The summed E-state index contributed by atoms with van der Waals surface area (Å²) in [5.41, 5.74) is 2.38. The third-order valence-corrected chi connectivity index (χ3v) is 7.19. The lowest BCUT2D eigenvalue weighted by Crippen LogP contribution is -2.43. The summed E-state index contributed by atoms with van der Waals surface area (Å²) in [6, 6.07) is 11.8. The molecule has 1 saturated heterocycles. The van der Waals surface area contributed by atoms with Crippen molar-refractivity contribution in [3.05, 3.63) is 53.6 Å². The second kappa shape index (κ2) is 8.32. The molecule has 1 fully saturated rings. The summed E-state index contributed by atoms with van der Waals surface area (Å²) in [6.07, 6.45) is 1.93. The van der Waals surface area contributed by atoms with Crippen molar-refractivity contribution in [3.63, 3.8) is 0 Å². The second-order valence-electron chi connectivity index (χ2n) is 6.91. The molecule has 0 saturated carbocycles. The third kappa shape index (κ3) is 3.91. The Morgan fingerprint density at radius 3 is 2.71 bits per heavy atom. The summed E-state index contributed by atoms with van der Waals surface area (Å²) in [4.78, 5) is 13.1. The molecule has 0 bridgehead atoms. The number of ether oxygens (including phenoxy) is 1. The lowest BCUT2D eigenvalue weighted by atomic mass is 10.1. The van der Waals surface area contributed by atoms with Gasteiger partial charge >= 0.3 is 0 Å². The Kier molecular flexibility index (Phi) is 6.05. The lowest BCUT2D eigenvalue weighted by Gasteiger charge is -2.24. The van der Waals surface area contributed by atoms with Gasteiger partial charge < -0.3 is 10.1 Å². The first-order valence-corrected chi connectivity index (χ1v) is 10.9. The van der Waals surface area contributed by atoms with Crippen molar-refractivity contribution in [2.75, 3.05) is 19.0 Å². The van der Waals surface area contributed by atoms with Crippen LogP contribution in [0.5, 0.6) is 5.75 Å². The second-order valence-corrected chi connectivity index (χ2v) is 8.76. The molecule has 2 aromatic rings. The van der Waals surface area contributed by atoms with Crippen molar-refractivity contribution in [2.24, 2.45) is 0 Å². The molecule has 1 N–H and O–H groups in total. The highest BCUT2D eigenvalue weighted by Gasteiger charge is 2.40. The highest BCUT2D eigenvalue weighted by atomic mass is 32.2. The molecule has 1 amide bonds. The van der Waals surface area contributed by atoms with Crippen LogP contribution in [0.4, 0.5) is 5.69 Å². The zero-order valence-corrected chi connectivity index (χ0v) is 17.3. The molecule has 7 heteroatoms. The van der Waals surface area contributed by atoms with E-state index in [4.69, 9.17) is 4.74 Å². The van der Waals surface area contributed by atoms with Gasteiger partial charge in [0.1, 0.15) is 11.8 Å². The molecular weight excluding hydrogens is 376 g/mol. The molecule has 0 spiro atoms. The number of hydrogen-bond acceptors (Lipinski definition) is 4. The van der Waals surface area contributed by atoms with E-state index in [0.29, 0.717) is 30.7 Å². The molecule has 2 aromatic carbocycles. The molecule has 3 rings (SSSR count). The normalized spacial score (nSPS) is 17.5. The van der Waals surface area contributed by atoms with Crippen LogP contribution in [0.15, 0.2) is 47.4 Å². The van der Waals surface area contributed by atoms with Gasteiger partial charge in [0.2, 0.25) is 15.9 Å². The first-order chi connectivity index (χ1) is 13.4. The predicted octanol–water partition coefficient (Wildman–Crippen LogP) is 3.36. The topological polar surface area (TPSA) is 75.7 Å². The summed E-state index contributed by atoms with van der Waals surface area (Å²) in [7, 11) is -2.31. The van der Waals surface area contributed by atoms with E-state index in [1.54, 1.807) is 19.1 Å². The Balaban J connectivity index is 1.89. The van der Waals surface area contributed by atoms with E-state index in [1.165, 1.54) is 17.5 Å². The van der Waals surface area contributed by atoms with Crippen molar-refractivity contribution in [3.8, 4) is 5.75 Å². The maximum Gasteiger partial charge on any atom is 0.244 e. The summed E-state index contributed by atoms with van der Waals surface area (Å²) in [5, 5.41) is 2.92. The maximum atomic E-state index is 13.3. The van der Waals surface area contributed by atoms with Crippen LogP contribution in [0, 0.1) is 6.92 Å². The van der Waals surface area contributed by atoms with Gasteiger partial charge in [-0.15, -0.1) is 0 Å². The number of benzene rings is 2. The largest absolute Gasteiger partial charge is 0.497 e. The van der Waals surface area contributed by atoms with Gasteiger partial charge in [-0.05, 0) is 49.4 Å². The van der Waals surface area contributed by atoms with Gasteiger partial charge in [0.05, 0.1) is 12.0 Å². The fourth-order valence-electron chi connectivity index (χ4n) is 3.57. The fourth-order valence-corrected chi connectivity index (χ4v) is 5.47. The molecule has 1 heterocycles. The number of amides is 1. The average Bonchev–Trinajstić information content (AvgIpc) is 3.19. The van der Waals surface area contributed by atoms with Gasteiger partial charge in [-0.2, -0.15) is 4.31 Å². The number of nitrogens with zero attached hydrogens (tertiary/aromatic N) is 1. The maximum absolute atomic E-state index is 13.3. The number of carbonyl (C=O) groups is 1. The van der Waals surface area contributed by atoms with E-state index in [9.17, 15) is 13.2 Å². The minimum Gasteiger partial charge on any atom is -0.497 e. The Morgan fingerprint density at radius 2 is 2.00 bits per heavy atom. The Hall–Kier alpha value is -2.38. The minimum atomic E-state index is -3.81. The number of anilines is 1. The molecule has 1 aliphatic heterocycles. The predicted molar refractivity (Wildman–Crippen MR) is 109 cm³/mol. The average molecular weight is 403 g/mol. The standard InChI is InChI=1S/C21H26N2O4S/c1-4-16-8-5-6-9-18(16)22-21(24)19-10-7-13-23(19)28(25,26)20-14-17(27-3)12-11-15(20)2/h5-6,8-9,11-12,14,19H,4,7,10,13H2,1-3H3,(H,22,24)/t19-/m1/s1. The quantitative estimate of drug-likeness (QED) is 0.804. The Bertz CT molecular complexity index is 972. The van der Waals surface area contributed by atoms with Gasteiger partial charge in [-0.3, -0.25) is 4.79 Å². The van der Waals surface area contributed by atoms with Crippen LogP contribution in [0.25, 0.3) is 0 Å². The smallest absolute Gasteiger partial charge is 0.244 e. The van der Waals surface area contributed by atoms with Crippen LogP contribution in [0.2, 0.25) is 0 Å². The van der Waals surface area contributed by atoms with Crippen LogP contribution in [0.3, 0.4) is 0 Å². The SMILES string of the molecule is CCc1ccccc1NC(=O)[C@H]1CCCN1S(=O)(=O)c1cc(OC)ccc1C. The van der Waals surface area contributed by atoms with E-state index < -0.39 is 16.1 Å². The molecule has 1 aliphatic rings.